The summed E-state index contributed by atoms with van der Waals surface area (Å²) >= 11 is 0. The monoisotopic (exact) mass is 224 g/mol. The van der Waals surface area contributed by atoms with Gasteiger partial charge in [0.15, 0.2) is 0 Å². The fourth-order valence-electron chi connectivity index (χ4n) is 1.99. The molecule has 86 valence electrons. The van der Waals surface area contributed by atoms with Crippen molar-refractivity contribution in [2.75, 3.05) is 12.3 Å². The van der Waals surface area contributed by atoms with Crippen molar-refractivity contribution < 1.29 is 14.3 Å². The molecule has 0 unspecified atom stereocenters. The van der Waals surface area contributed by atoms with Crippen molar-refractivity contribution in [3.05, 3.63) is 29.1 Å². The van der Waals surface area contributed by atoms with Gasteiger partial charge in [0, 0.05) is 13.1 Å². The number of hydrogen-bond acceptors (Lipinski definition) is 2. The van der Waals surface area contributed by atoms with Crippen molar-refractivity contribution in [3.63, 3.8) is 0 Å². The third-order valence-electron chi connectivity index (χ3n) is 2.86. The first kappa shape index (κ1) is 10.7. The van der Waals surface area contributed by atoms with E-state index in [0.717, 1.165) is 0 Å². The number of nitrogens with two attached hydrogens (primary N) is 1. The summed E-state index contributed by atoms with van der Waals surface area (Å²) < 4.78 is 13.7. The van der Waals surface area contributed by atoms with Gasteiger partial charge in [-0.25, -0.2) is 9.18 Å². The molecule has 1 aromatic rings. The van der Waals surface area contributed by atoms with Crippen molar-refractivity contribution in [3.8, 4) is 0 Å². The number of fused-ring (bicyclic) bond motifs is 1. The Hall–Kier alpha value is -1.78. The summed E-state index contributed by atoms with van der Waals surface area (Å²) in [6.45, 7) is 0.672. The third kappa shape index (κ3) is 1.80. The molecule has 0 aromatic heterocycles. The van der Waals surface area contributed by atoms with Crippen LogP contribution in [-0.2, 0) is 13.0 Å². The smallest absolute Gasteiger partial charge is 0.407 e. The van der Waals surface area contributed by atoms with E-state index in [0.29, 0.717) is 30.5 Å². The molecule has 0 radical (unpaired) electrons. The minimum atomic E-state index is -0.968. The second-order valence-corrected chi connectivity index (χ2v) is 3.91. The Kier molecular flexibility index (Phi) is 2.68. The summed E-state index contributed by atoms with van der Waals surface area (Å²) in [5.41, 5.74) is 6.89. The molecule has 1 aromatic carbocycles. The number of anilines is 1. The quantitative estimate of drug-likeness (QED) is 0.661. The minimum Gasteiger partial charge on any atom is -0.465 e. The maximum atomic E-state index is 13.7. The maximum Gasteiger partial charge on any atom is 0.407 e. The Morgan fingerprint density at radius 2 is 2.25 bits per heavy atom. The largest absolute Gasteiger partial charge is 0.465 e. The molecule has 3 N–H and O–H groups in total. The van der Waals surface area contributed by atoms with E-state index in [1.807, 2.05) is 0 Å². The Morgan fingerprint density at radius 1 is 1.50 bits per heavy atom. The number of carboxylic acid groups (broad SMARTS) is 1. The lowest BCUT2D eigenvalue weighted by atomic mass is 10.0. The second kappa shape index (κ2) is 4.00. The van der Waals surface area contributed by atoms with Crippen LogP contribution in [0, 0.1) is 5.82 Å². The number of carbonyl (C=O) groups is 1. The van der Waals surface area contributed by atoms with Crippen LogP contribution in [0.5, 0.6) is 0 Å². The van der Waals surface area contributed by atoms with E-state index in [-0.39, 0.29) is 12.2 Å². The average Bonchev–Trinajstić information content (AvgIpc) is 2.46. The lowest BCUT2D eigenvalue weighted by molar-refractivity contribution is 0.143. The number of hydrogen-bond donors (Lipinski definition) is 2. The minimum absolute atomic E-state index is 0.127. The highest BCUT2D eigenvalue weighted by Crippen LogP contribution is 2.25. The van der Waals surface area contributed by atoms with Gasteiger partial charge in [-0.2, -0.15) is 0 Å². The van der Waals surface area contributed by atoms with Crippen LogP contribution in [0.2, 0.25) is 0 Å². The van der Waals surface area contributed by atoms with Gasteiger partial charge < -0.3 is 15.7 Å². The van der Waals surface area contributed by atoms with Crippen LogP contribution in [-0.4, -0.2) is 22.6 Å². The normalized spacial score (nSPS) is 15.4. The van der Waals surface area contributed by atoms with E-state index in [1.165, 1.54) is 11.0 Å². The molecule has 5 heteroatoms. The van der Waals surface area contributed by atoms with E-state index >= 15 is 0 Å². The predicted molar refractivity (Wildman–Crippen MR) is 57.6 cm³/mol. The second-order valence-electron chi connectivity index (χ2n) is 3.91. The summed E-state index contributed by atoms with van der Waals surface area (Å²) in [5, 5.41) is 8.92. The molecule has 2 rings (SSSR count). The first-order valence-electron chi connectivity index (χ1n) is 5.13. The van der Waals surface area contributed by atoms with Crippen molar-refractivity contribution in [1.82, 2.24) is 4.90 Å². The number of halogens is 1. The molecule has 0 saturated carbocycles. The van der Waals surface area contributed by atoms with Crippen LogP contribution in [0.15, 0.2) is 12.1 Å². The molecule has 1 heterocycles. The molecule has 1 amide bonds. The molecule has 0 spiro atoms. The lowest BCUT2D eigenvalue weighted by Gasteiger charge is -2.16. The zero-order valence-corrected chi connectivity index (χ0v) is 8.74. The van der Waals surface area contributed by atoms with Crippen LogP contribution in [0.1, 0.15) is 17.5 Å². The van der Waals surface area contributed by atoms with Crippen molar-refractivity contribution in [2.45, 2.75) is 19.4 Å². The van der Waals surface area contributed by atoms with E-state index in [2.05, 4.69) is 0 Å². The number of amides is 1. The maximum absolute atomic E-state index is 13.7. The Balaban J connectivity index is 2.39. The molecule has 16 heavy (non-hydrogen) atoms. The standard InChI is InChI=1S/C11H13FN2O2/c12-10-8-2-1-5-14(11(15)16)6-7(8)3-4-9(10)13/h3-4H,1-2,5-6,13H2,(H,15,16). The molecule has 0 bridgehead atoms. The van der Waals surface area contributed by atoms with E-state index < -0.39 is 11.9 Å². The number of rotatable bonds is 0. The molecular weight excluding hydrogens is 211 g/mol. The Morgan fingerprint density at radius 3 is 2.94 bits per heavy atom. The van der Waals surface area contributed by atoms with Crippen LogP contribution in [0.25, 0.3) is 0 Å². The molecule has 1 aliphatic heterocycles. The fourth-order valence-corrected chi connectivity index (χ4v) is 1.99. The molecule has 1 aliphatic rings. The van der Waals surface area contributed by atoms with Gasteiger partial charge in [-0.1, -0.05) is 6.07 Å². The van der Waals surface area contributed by atoms with Gasteiger partial charge in [-0.3, -0.25) is 0 Å². The zero-order valence-electron chi connectivity index (χ0n) is 8.74. The van der Waals surface area contributed by atoms with Crippen molar-refractivity contribution in [1.29, 1.82) is 0 Å². The first-order valence-corrected chi connectivity index (χ1v) is 5.13. The molecule has 4 nitrogen and oxygen atoms in total. The third-order valence-corrected chi connectivity index (χ3v) is 2.86. The molecule has 0 saturated heterocycles. The van der Waals surface area contributed by atoms with Crippen LogP contribution < -0.4 is 5.73 Å². The van der Waals surface area contributed by atoms with E-state index in [9.17, 15) is 9.18 Å². The number of benzene rings is 1. The Labute approximate surface area is 92.5 Å². The zero-order chi connectivity index (χ0) is 11.7. The first-order chi connectivity index (χ1) is 7.59. The van der Waals surface area contributed by atoms with Gasteiger partial charge in [0.1, 0.15) is 5.82 Å². The fraction of sp³-hybridized carbons (Fsp3) is 0.364. The molecule has 0 fully saturated rings. The summed E-state index contributed by atoms with van der Waals surface area (Å²) in [5.74, 6) is -0.398. The highest BCUT2D eigenvalue weighted by molar-refractivity contribution is 5.65. The average molecular weight is 224 g/mol. The summed E-state index contributed by atoms with van der Waals surface area (Å²) in [4.78, 5) is 12.2. The molecule has 0 aliphatic carbocycles. The number of nitrogen functional groups attached to an aromatic ring is 1. The summed E-state index contributed by atoms with van der Waals surface area (Å²) in [6, 6.07) is 3.19. The van der Waals surface area contributed by atoms with Crippen LogP contribution in [0.3, 0.4) is 0 Å². The van der Waals surface area contributed by atoms with E-state index in [4.69, 9.17) is 10.8 Å². The Bertz CT molecular complexity index is 434. The topological polar surface area (TPSA) is 66.6 Å². The molecular formula is C11H13FN2O2. The number of nitrogens with zero attached hydrogens (tertiary/aromatic N) is 1. The van der Waals surface area contributed by atoms with Gasteiger partial charge in [0.25, 0.3) is 0 Å². The van der Waals surface area contributed by atoms with E-state index in [1.54, 1.807) is 6.07 Å². The summed E-state index contributed by atoms with van der Waals surface area (Å²) in [7, 11) is 0. The SMILES string of the molecule is Nc1ccc2c(c1F)CCCN(C(=O)O)C2. The summed E-state index contributed by atoms with van der Waals surface area (Å²) in [6.07, 6.45) is 0.195. The predicted octanol–water partition coefficient (Wildman–Crippen LogP) is 1.83. The van der Waals surface area contributed by atoms with Gasteiger partial charge in [-0.15, -0.1) is 0 Å². The van der Waals surface area contributed by atoms with Crippen molar-refractivity contribution in [2.24, 2.45) is 0 Å². The van der Waals surface area contributed by atoms with Gasteiger partial charge in [0.2, 0.25) is 0 Å². The molecule has 0 atom stereocenters. The highest BCUT2D eigenvalue weighted by atomic mass is 19.1. The highest BCUT2D eigenvalue weighted by Gasteiger charge is 2.20. The van der Waals surface area contributed by atoms with Crippen LogP contribution in [0.4, 0.5) is 14.9 Å². The van der Waals surface area contributed by atoms with Gasteiger partial charge >= 0.3 is 6.09 Å². The van der Waals surface area contributed by atoms with Crippen LogP contribution >= 0.6 is 0 Å². The van der Waals surface area contributed by atoms with Gasteiger partial charge in [0.05, 0.1) is 5.69 Å². The van der Waals surface area contributed by atoms with Crippen molar-refractivity contribution >= 4 is 11.8 Å². The van der Waals surface area contributed by atoms with Gasteiger partial charge in [-0.05, 0) is 30.0 Å². The lowest BCUT2D eigenvalue weighted by Crippen LogP contribution is -2.28.